The van der Waals surface area contributed by atoms with Gasteiger partial charge in [0.1, 0.15) is 5.82 Å². The molecule has 0 saturated carbocycles. The molecule has 1 amide bonds. The Hall–Kier alpha value is -2.36. The lowest BCUT2D eigenvalue weighted by molar-refractivity contribution is 0.0611. The molecular weight excluding hydrogens is 310 g/mol. The van der Waals surface area contributed by atoms with Crippen molar-refractivity contribution in [3.05, 3.63) is 59.8 Å². The van der Waals surface area contributed by atoms with Gasteiger partial charge in [-0.3, -0.25) is 4.79 Å². The van der Waals surface area contributed by atoms with Gasteiger partial charge in [0.15, 0.2) is 0 Å². The summed E-state index contributed by atoms with van der Waals surface area (Å²) < 4.78 is 0. The van der Waals surface area contributed by atoms with E-state index in [9.17, 15) is 4.79 Å². The van der Waals surface area contributed by atoms with Crippen LogP contribution >= 0.6 is 0 Å². The fourth-order valence-electron chi connectivity index (χ4n) is 3.60. The highest BCUT2D eigenvalue weighted by Gasteiger charge is 2.28. The zero-order valence-corrected chi connectivity index (χ0v) is 15.2. The highest BCUT2D eigenvalue weighted by atomic mass is 16.2. The first-order valence-electron chi connectivity index (χ1n) is 9.31. The van der Waals surface area contributed by atoms with Crippen molar-refractivity contribution in [3.8, 4) is 0 Å². The second kappa shape index (κ2) is 8.15. The minimum atomic E-state index is 0.123. The van der Waals surface area contributed by atoms with E-state index in [1.807, 2.05) is 41.4 Å². The number of pyridine rings is 1. The van der Waals surface area contributed by atoms with E-state index in [0.29, 0.717) is 0 Å². The first-order chi connectivity index (χ1) is 12.2. The SMILES string of the molecule is CCN(CC)c1ccc(C2CCCCN2C(=O)c2ccccc2)cn1. The minimum Gasteiger partial charge on any atom is -0.357 e. The van der Waals surface area contributed by atoms with Crippen LogP contribution in [0.25, 0.3) is 0 Å². The van der Waals surface area contributed by atoms with Gasteiger partial charge in [-0.15, -0.1) is 0 Å². The number of amides is 1. The molecule has 2 aromatic rings. The van der Waals surface area contributed by atoms with Crippen molar-refractivity contribution in [2.45, 2.75) is 39.2 Å². The normalized spacial score (nSPS) is 17.4. The predicted octanol–water partition coefficient (Wildman–Crippen LogP) is 4.30. The van der Waals surface area contributed by atoms with Crippen LogP contribution in [0.4, 0.5) is 5.82 Å². The van der Waals surface area contributed by atoms with Gasteiger partial charge in [0.25, 0.3) is 5.91 Å². The van der Waals surface area contributed by atoms with Crippen molar-refractivity contribution in [1.29, 1.82) is 0 Å². The number of likely N-dealkylation sites (tertiary alicyclic amines) is 1. The summed E-state index contributed by atoms with van der Waals surface area (Å²) in [5.41, 5.74) is 1.90. The van der Waals surface area contributed by atoms with Crippen LogP contribution in [0.1, 0.15) is 55.1 Å². The van der Waals surface area contributed by atoms with Crippen LogP contribution in [0.5, 0.6) is 0 Å². The Balaban J connectivity index is 1.82. The third-order valence-corrected chi connectivity index (χ3v) is 5.03. The fraction of sp³-hybridized carbons (Fsp3) is 0.429. The molecular formula is C21H27N3O. The summed E-state index contributed by atoms with van der Waals surface area (Å²) in [4.78, 5) is 21.9. The van der Waals surface area contributed by atoms with Crippen LogP contribution in [0.3, 0.4) is 0 Å². The summed E-state index contributed by atoms with van der Waals surface area (Å²) in [7, 11) is 0. The van der Waals surface area contributed by atoms with Crippen molar-refractivity contribution < 1.29 is 4.79 Å². The van der Waals surface area contributed by atoms with Crippen LogP contribution in [0.2, 0.25) is 0 Å². The molecule has 4 nitrogen and oxygen atoms in total. The van der Waals surface area contributed by atoms with Crippen LogP contribution < -0.4 is 4.90 Å². The van der Waals surface area contributed by atoms with Gasteiger partial charge in [0, 0.05) is 31.4 Å². The van der Waals surface area contributed by atoms with Crippen LogP contribution in [0.15, 0.2) is 48.7 Å². The van der Waals surface area contributed by atoms with Crippen LogP contribution in [0, 0.1) is 0 Å². The molecule has 0 aliphatic carbocycles. The maximum atomic E-state index is 12.9. The van der Waals surface area contributed by atoms with E-state index >= 15 is 0 Å². The molecule has 132 valence electrons. The highest BCUT2D eigenvalue weighted by Crippen LogP contribution is 2.32. The smallest absolute Gasteiger partial charge is 0.254 e. The van der Waals surface area contributed by atoms with Crippen LogP contribution in [-0.2, 0) is 0 Å². The maximum Gasteiger partial charge on any atom is 0.254 e. The molecule has 25 heavy (non-hydrogen) atoms. The van der Waals surface area contributed by atoms with Crippen molar-refractivity contribution in [2.75, 3.05) is 24.5 Å². The third-order valence-electron chi connectivity index (χ3n) is 5.03. The number of hydrogen-bond acceptors (Lipinski definition) is 3. The molecule has 4 heteroatoms. The van der Waals surface area contributed by atoms with Crippen molar-refractivity contribution >= 4 is 11.7 Å². The lowest BCUT2D eigenvalue weighted by Crippen LogP contribution is -2.38. The summed E-state index contributed by atoms with van der Waals surface area (Å²) in [6.07, 6.45) is 5.18. The van der Waals surface area contributed by atoms with E-state index in [4.69, 9.17) is 0 Å². The summed E-state index contributed by atoms with van der Waals surface area (Å²) in [6.45, 7) is 6.99. The van der Waals surface area contributed by atoms with Gasteiger partial charge in [-0.2, -0.15) is 0 Å². The molecule has 1 aliphatic rings. The van der Waals surface area contributed by atoms with Crippen LogP contribution in [-0.4, -0.2) is 35.4 Å². The van der Waals surface area contributed by atoms with E-state index < -0.39 is 0 Å². The second-order valence-corrected chi connectivity index (χ2v) is 6.50. The lowest BCUT2D eigenvalue weighted by Gasteiger charge is -2.36. The van der Waals surface area contributed by atoms with Crippen molar-refractivity contribution in [3.63, 3.8) is 0 Å². The van der Waals surface area contributed by atoms with Gasteiger partial charge in [0.05, 0.1) is 6.04 Å². The number of carbonyl (C=O) groups is 1. The maximum absolute atomic E-state index is 12.9. The Morgan fingerprint density at radius 2 is 1.88 bits per heavy atom. The fourth-order valence-corrected chi connectivity index (χ4v) is 3.60. The summed E-state index contributed by atoms with van der Waals surface area (Å²) in [5, 5.41) is 0. The molecule has 0 spiro atoms. The minimum absolute atomic E-state index is 0.123. The predicted molar refractivity (Wildman–Crippen MR) is 102 cm³/mol. The van der Waals surface area contributed by atoms with Gasteiger partial charge in [-0.05, 0) is 56.9 Å². The Labute approximate surface area is 150 Å². The molecule has 1 saturated heterocycles. The standard InChI is InChI=1S/C21H27N3O/c1-3-23(4-2)20-14-13-18(16-22-20)19-12-8-9-15-24(19)21(25)17-10-6-5-7-11-17/h5-7,10-11,13-14,16,19H,3-4,8-9,12,15H2,1-2H3. The average Bonchev–Trinajstić information content (AvgIpc) is 2.69. The zero-order chi connectivity index (χ0) is 17.6. The van der Waals surface area contributed by atoms with Crippen molar-refractivity contribution in [1.82, 2.24) is 9.88 Å². The molecule has 1 aromatic carbocycles. The summed E-state index contributed by atoms with van der Waals surface area (Å²) >= 11 is 0. The zero-order valence-electron chi connectivity index (χ0n) is 15.2. The molecule has 3 rings (SSSR count). The molecule has 1 fully saturated rings. The van der Waals surface area contributed by atoms with E-state index in [-0.39, 0.29) is 11.9 Å². The molecule has 1 aromatic heterocycles. The summed E-state index contributed by atoms with van der Waals surface area (Å²) in [5.74, 6) is 1.13. The molecule has 0 radical (unpaired) electrons. The van der Waals surface area contributed by atoms with E-state index in [1.54, 1.807) is 0 Å². The van der Waals surface area contributed by atoms with Gasteiger partial charge < -0.3 is 9.80 Å². The van der Waals surface area contributed by atoms with Gasteiger partial charge in [0.2, 0.25) is 0 Å². The number of aromatic nitrogens is 1. The monoisotopic (exact) mass is 337 g/mol. The van der Waals surface area contributed by atoms with E-state index in [2.05, 4.69) is 35.9 Å². The largest absolute Gasteiger partial charge is 0.357 e. The molecule has 1 atom stereocenters. The number of carbonyl (C=O) groups excluding carboxylic acids is 1. The Kier molecular flexibility index (Phi) is 5.69. The van der Waals surface area contributed by atoms with Gasteiger partial charge >= 0.3 is 0 Å². The number of nitrogens with zero attached hydrogens (tertiary/aromatic N) is 3. The first kappa shape index (κ1) is 17.5. The van der Waals surface area contributed by atoms with Crippen molar-refractivity contribution in [2.24, 2.45) is 0 Å². The Morgan fingerprint density at radius 1 is 1.12 bits per heavy atom. The number of piperidine rings is 1. The highest BCUT2D eigenvalue weighted by molar-refractivity contribution is 5.94. The topological polar surface area (TPSA) is 36.4 Å². The Bertz CT molecular complexity index is 680. The number of benzene rings is 1. The molecule has 0 N–H and O–H groups in total. The number of rotatable bonds is 5. The van der Waals surface area contributed by atoms with Gasteiger partial charge in [-0.1, -0.05) is 24.3 Å². The molecule has 2 heterocycles. The number of anilines is 1. The molecule has 1 unspecified atom stereocenters. The third kappa shape index (κ3) is 3.84. The first-order valence-corrected chi connectivity index (χ1v) is 9.31. The average molecular weight is 337 g/mol. The molecule has 0 bridgehead atoms. The van der Waals surface area contributed by atoms with Gasteiger partial charge in [-0.25, -0.2) is 4.98 Å². The Morgan fingerprint density at radius 3 is 2.52 bits per heavy atom. The number of hydrogen-bond donors (Lipinski definition) is 0. The lowest BCUT2D eigenvalue weighted by atomic mass is 9.95. The quantitative estimate of drug-likeness (QED) is 0.816. The summed E-state index contributed by atoms with van der Waals surface area (Å²) in [6, 6.07) is 13.9. The second-order valence-electron chi connectivity index (χ2n) is 6.50. The van der Waals surface area contributed by atoms with E-state index in [1.165, 1.54) is 0 Å². The van der Waals surface area contributed by atoms with E-state index in [0.717, 1.165) is 55.8 Å². The molecule has 1 aliphatic heterocycles.